The number of hydrogen-bond donors (Lipinski definition) is 2. The van der Waals surface area contributed by atoms with E-state index < -0.39 is 0 Å². The highest BCUT2D eigenvalue weighted by molar-refractivity contribution is 5.92. The van der Waals surface area contributed by atoms with E-state index in [1.54, 1.807) is 22.9 Å². The van der Waals surface area contributed by atoms with Gasteiger partial charge in [-0.25, -0.2) is 9.07 Å². The fourth-order valence-corrected chi connectivity index (χ4v) is 2.67. The predicted octanol–water partition coefficient (Wildman–Crippen LogP) is 2.92. The third kappa shape index (κ3) is 4.76. The molecule has 0 fully saturated rings. The summed E-state index contributed by atoms with van der Waals surface area (Å²) in [5, 5.41) is 16.3. The number of nitrogens with one attached hydrogen (secondary N) is 1. The van der Waals surface area contributed by atoms with Crippen LogP contribution in [0.15, 0.2) is 30.3 Å². The van der Waals surface area contributed by atoms with Crippen LogP contribution in [0.3, 0.4) is 0 Å². The molecular formula is C19H24FN3O2. The molecule has 0 spiro atoms. The fraction of sp³-hybridized carbons (Fsp3) is 0.368. The second-order valence-corrected chi connectivity index (χ2v) is 5.93. The van der Waals surface area contributed by atoms with Gasteiger partial charge in [-0.05, 0) is 57.0 Å². The van der Waals surface area contributed by atoms with Gasteiger partial charge in [0.25, 0.3) is 0 Å². The molecule has 5 nitrogen and oxygen atoms in total. The Kier molecular flexibility index (Phi) is 6.47. The Bertz CT molecular complexity index is 751. The first-order valence-corrected chi connectivity index (χ1v) is 8.37. The first-order chi connectivity index (χ1) is 12.0. The van der Waals surface area contributed by atoms with Crippen molar-refractivity contribution in [1.29, 1.82) is 0 Å². The van der Waals surface area contributed by atoms with Crippen LogP contribution in [0.5, 0.6) is 0 Å². The number of carbonyl (C=O) groups excluding carboxylic acids is 1. The topological polar surface area (TPSA) is 67.2 Å². The van der Waals surface area contributed by atoms with Gasteiger partial charge >= 0.3 is 0 Å². The van der Waals surface area contributed by atoms with Crippen molar-refractivity contribution in [2.24, 2.45) is 0 Å². The molecular weight excluding hydrogens is 321 g/mol. The van der Waals surface area contributed by atoms with Crippen LogP contribution in [-0.4, -0.2) is 33.4 Å². The van der Waals surface area contributed by atoms with Crippen LogP contribution in [0.4, 0.5) is 4.39 Å². The quantitative estimate of drug-likeness (QED) is 0.758. The molecule has 0 aliphatic rings. The fourth-order valence-electron chi connectivity index (χ4n) is 2.67. The van der Waals surface area contributed by atoms with E-state index in [9.17, 15) is 9.18 Å². The van der Waals surface area contributed by atoms with E-state index in [1.165, 1.54) is 18.2 Å². The Morgan fingerprint density at radius 3 is 2.64 bits per heavy atom. The van der Waals surface area contributed by atoms with Gasteiger partial charge in [-0.15, -0.1) is 0 Å². The summed E-state index contributed by atoms with van der Waals surface area (Å²) in [5.41, 5.74) is 3.28. The molecule has 0 aliphatic carbocycles. The molecule has 0 radical (unpaired) electrons. The maximum Gasteiger partial charge on any atom is 0.244 e. The smallest absolute Gasteiger partial charge is 0.244 e. The van der Waals surface area contributed by atoms with Crippen LogP contribution >= 0.6 is 0 Å². The van der Waals surface area contributed by atoms with E-state index >= 15 is 0 Å². The first-order valence-electron chi connectivity index (χ1n) is 8.37. The maximum atomic E-state index is 13.1. The van der Waals surface area contributed by atoms with Gasteiger partial charge in [0.1, 0.15) is 5.82 Å². The van der Waals surface area contributed by atoms with Crippen LogP contribution in [0.25, 0.3) is 11.8 Å². The Morgan fingerprint density at radius 2 is 2.04 bits per heavy atom. The van der Waals surface area contributed by atoms with Crippen LogP contribution in [0.2, 0.25) is 0 Å². The maximum absolute atomic E-state index is 13.1. The number of aliphatic hydroxyl groups is 1. The Hall–Kier alpha value is -2.47. The van der Waals surface area contributed by atoms with Crippen molar-refractivity contribution >= 4 is 12.0 Å². The number of nitrogens with zero attached hydrogens (tertiary/aromatic N) is 2. The summed E-state index contributed by atoms with van der Waals surface area (Å²) in [6.07, 6.45) is 4.52. The van der Waals surface area contributed by atoms with Crippen molar-refractivity contribution in [3.05, 3.63) is 53.1 Å². The molecule has 6 heteroatoms. The minimum atomic E-state index is -0.296. The Balaban J connectivity index is 2.17. The number of hydrogen-bond acceptors (Lipinski definition) is 3. The molecule has 25 heavy (non-hydrogen) atoms. The SMILES string of the molecule is CCC(CCO)NC(=O)/C=C/c1c(C)nn(-c2ccc(F)cc2)c1C. The van der Waals surface area contributed by atoms with Gasteiger partial charge < -0.3 is 10.4 Å². The second kappa shape index (κ2) is 8.58. The Morgan fingerprint density at radius 1 is 1.36 bits per heavy atom. The van der Waals surface area contributed by atoms with E-state index in [2.05, 4.69) is 10.4 Å². The molecule has 1 unspecified atom stereocenters. The lowest BCUT2D eigenvalue weighted by Crippen LogP contribution is -2.33. The number of amides is 1. The molecule has 1 heterocycles. The molecule has 0 saturated heterocycles. The molecule has 0 aliphatic heterocycles. The van der Waals surface area contributed by atoms with Gasteiger partial charge in [0.15, 0.2) is 0 Å². The minimum absolute atomic E-state index is 0.0358. The zero-order valence-electron chi connectivity index (χ0n) is 14.8. The molecule has 2 aromatic rings. The van der Waals surface area contributed by atoms with E-state index in [4.69, 9.17) is 5.11 Å². The lowest BCUT2D eigenvalue weighted by Gasteiger charge is -2.13. The highest BCUT2D eigenvalue weighted by atomic mass is 19.1. The normalized spacial score (nSPS) is 12.5. The van der Waals surface area contributed by atoms with Gasteiger partial charge in [-0.3, -0.25) is 4.79 Å². The molecule has 1 aromatic heterocycles. The molecule has 0 bridgehead atoms. The van der Waals surface area contributed by atoms with Crippen LogP contribution in [0.1, 0.15) is 36.7 Å². The second-order valence-electron chi connectivity index (χ2n) is 5.93. The number of carbonyl (C=O) groups is 1. The van der Waals surface area contributed by atoms with Gasteiger partial charge in [-0.1, -0.05) is 6.92 Å². The molecule has 0 saturated carbocycles. The lowest BCUT2D eigenvalue weighted by atomic mass is 10.1. The van der Waals surface area contributed by atoms with Gasteiger partial charge in [-0.2, -0.15) is 5.10 Å². The summed E-state index contributed by atoms with van der Waals surface area (Å²) in [6, 6.07) is 6.07. The zero-order valence-corrected chi connectivity index (χ0v) is 14.8. The van der Waals surface area contributed by atoms with E-state index in [-0.39, 0.29) is 24.4 Å². The molecule has 2 N–H and O–H groups in total. The van der Waals surface area contributed by atoms with Gasteiger partial charge in [0, 0.05) is 30.0 Å². The highest BCUT2D eigenvalue weighted by Crippen LogP contribution is 2.19. The van der Waals surface area contributed by atoms with Crippen molar-refractivity contribution in [1.82, 2.24) is 15.1 Å². The van der Waals surface area contributed by atoms with Crippen LogP contribution < -0.4 is 5.32 Å². The predicted molar refractivity (Wildman–Crippen MR) is 96.0 cm³/mol. The summed E-state index contributed by atoms with van der Waals surface area (Å²) in [5.74, 6) is -0.496. The number of aliphatic hydroxyl groups excluding tert-OH is 1. The van der Waals surface area contributed by atoms with Crippen molar-refractivity contribution in [2.45, 2.75) is 39.7 Å². The van der Waals surface area contributed by atoms with Crippen molar-refractivity contribution < 1.29 is 14.3 Å². The van der Waals surface area contributed by atoms with E-state index in [0.29, 0.717) is 6.42 Å². The van der Waals surface area contributed by atoms with Crippen molar-refractivity contribution in [3.63, 3.8) is 0 Å². The number of halogens is 1. The van der Waals surface area contributed by atoms with Crippen molar-refractivity contribution in [3.8, 4) is 5.69 Å². The Labute approximate surface area is 147 Å². The number of aryl methyl sites for hydroxylation is 1. The summed E-state index contributed by atoms with van der Waals surface area (Å²) in [6.45, 7) is 5.78. The molecule has 1 amide bonds. The van der Waals surface area contributed by atoms with Crippen LogP contribution in [-0.2, 0) is 4.79 Å². The molecule has 1 atom stereocenters. The third-order valence-electron chi connectivity index (χ3n) is 4.14. The zero-order chi connectivity index (χ0) is 18.4. The van der Waals surface area contributed by atoms with E-state index in [1.807, 2.05) is 20.8 Å². The summed E-state index contributed by atoms with van der Waals surface area (Å²) in [7, 11) is 0. The molecule has 2 rings (SSSR count). The summed E-state index contributed by atoms with van der Waals surface area (Å²) < 4.78 is 14.8. The highest BCUT2D eigenvalue weighted by Gasteiger charge is 2.12. The molecule has 1 aromatic carbocycles. The average molecular weight is 345 g/mol. The number of rotatable bonds is 7. The monoisotopic (exact) mass is 345 g/mol. The minimum Gasteiger partial charge on any atom is -0.396 e. The van der Waals surface area contributed by atoms with E-state index in [0.717, 1.165) is 29.1 Å². The standard InChI is InChI=1S/C19H24FN3O2/c1-4-16(11-12-24)21-19(25)10-9-18-13(2)22-23(14(18)3)17-7-5-15(20)6-8-17/h5-10,16,24H,4,11-12H2,1-3H3,(H,21,25)/b10-9+. The largest absolute Gasteiger partial charge is 0.396 e. The summed E-state index contributed by atoms with van der Waals surface area (Å²) in [4.78, 5) is 12.0. The van der Waals surface area contributed by atoms with Gasteiger partial charge in [0.2, 0.25) is 5.91 Å². The number of benzene rings is 1. The van der Waals surface area contributed by atoms with Crippen LogP contribution in [0, 0.1) is 19.7 Å². The average Bonchev–Trinajstić information content (AvgIpc) is 2.87. The lowest BCUT2D eigenvalue weighted by molar-refractivity contribution is -0.117. The number of aromatic nitrogens is 2. The molecule has 134 valence electrons. The first kappa shape index (κ1) is 18.9. The van der Waals surface area contributed by atoms with Gasteiger partial charge in [0.05, 0.1) is 11.4 Å². The summed E-state index contributed by atoms with van der Waals surface area (Å²) >= 11 is 0. The third-order valence-corrected chi connectivity index (χ3v) is 4.14. The van der Waals surface area contributed by atoms with Crippen molar-refractivity contribution in [2.75, 3.05) is 6.61 Å².